The molecule has 2 aromatic rings. The maximum absolute atomic E-state index is 4.31. The molecule has 0 aliphatic heterocycles. The van der Waals surface area contributed by atoms with Crippen LogP contribution < -0.4 is 0 Å². The minimum atomic E-state index is 0.883. The molecule has 5 heteroatoms. The van der Waals surface area contributed by atoms with Gasteiger partial charge in [0.2, 0.25) is 0 Å². The molecule has 4 nitrogen and oxygen atoms in total. The number of halogens is 1. The first-order valence-electron chi connectivity index (χ1n) is 4.41. The van der Waals surface area contributed by atoms with E-state index < -0.39 is 0 Å². The van der Waals surface area contributed by atoms with E-state index >= 15 is 0 Å². The first-order chi connectivity index (χ1) is 6.75. The number of rotatable bonds is 3. The van der Waals surface area contributed by atoms with E-state index in [1.165, 1.54) is 0 Å². The van der Waals surface area contributed by atoms with Crippen molar-refractivity contribution in [2.45, 2.75) is 13.0 Å². The molecule has 0 aliphatic carbocycles. The van der Waals surface area contributed by atoms with Crippen LogP contribution >= 0.6 is 22.6 Å². The molecular weight excluding hydrogens is 291 g/mol. The summed E-state index contributed by atoms with van der Waals surface area (Å²) in [4.78, 5) is 4.26. The number of hydrogen-bond donors (Lipinski definition) is 0. The number of aromatic nitrogens is 4. The lowest BCUT2D eigenvalue weighted by Crippen LogP contribution is -2.06. The summed E-state index contributed by atoms with van der Waals surface area (Å²) >= 11 is 2.21. The van der Waals surface area contributed by atoms with Crippen molar-refractivity contribution in [1.29, 1.82) is 0 Å². The highest BCUT2D eigenvalue weighted by Gasteiger charge is 2.00. The molecule has 0 saturated heterocycles. The predicted octanol–water partition coefficient (Wildman–Crippen LogP) is 1.46. The standard InChI is InChI=1S/C9H11IN4/c1-13-7-4-11-9(13)3-6-14-5-2-8(10)12-14/h2,4-5,7H,3,6H2,1H3. The fourth-order valence-corrected chi connectivity index (χ4v) is 1.75. The van der Waals surface area contributed by atoms with Crippen molar-refractivity contribution < 1.29 is 0 Å². The Morgan fingerprint density at radius 1 is 1.43 bits per heavy atom. The van der Waals surface area contributed by atoms with Crippen molar-refractivity contribution in [2.24, 2.45) is 7.05 Å². The topological polar surface area (TPSA) is 35.6 Å². The molecule has 0 fully saturated rings. The molecule has 0 amide bonds. The minimum absolute atomic E-state index is 0.883. The maximum atomic E-state index is 4.31. The third kappa shape index (κ3) is 2.14. The Balaban J connectivity index is 1.98. The molecule has 0 N–H and O–H groups in total. The quantitative estimate of drug-likeness (QED) is 0.805. The number of nitrogens with zero attached hydrogens (tertiary/aromatic N) is 4. The van der Waals surface area contributed by atoms with Crippen LogP contribution in [0.15, 0.2) is 24.7 Å². The Kier molecular flexibility index (Phi) is 2.85. The summed E-state index contributed by atoms with van der Waals surface area (Å²) in [6, 6.07) is 2.00. The highest BCUT2D eigenvalue weighted by atomic mass is 127. The molecule has 2 heterocycles. The zero-order valence-corrected chi connectivity index (χ0v) is 10.0. The zero-order chi connectivity index (χ0) is 9.97. The van der Waals surface area contributed by atoms with Gasteiger partial charge in [-0.2, -0.15) is 5.10 Å². The van der Waals surface area contributed by atoms with Crippen LogP contribution in [-0.2, 0) is 20.0 Å². The van der Waals surface area contributed by atoms with Crippen LogP contribution in [0.25, 0.3) is 0 Å². The molecule has 0 unspecified atom stereocenters. The molecule has 0 saturated carbocycles. The highest BCUT2D eigenvalue weighted by Crippen LogP contribution is 2.01. The van der Waals surface area contributed by atoms with Crippen molar-refractivity contribution in [3.63, 3.8) is 0 Å². The van der Waals surface area contributed by atoms with E-state index in [0.717, 1.165) is 22.5 Å². The van der Waals surface area contributed by atoms with E-state index in [1.54, 1.807) is 0 Å². The summed E-state index contributed by atoms with van der Waals surface area (Å²) < 4.78 is 5.01. The van der Waals surface area contributed by atoms with Crippen LogP contribution in [0.3, 0.4) is 0 Å². The van der Waals surface area contributed by atoms with Gasteiger partial charge in [0, 0.05) is 38.6 Å². The van der Waals surface area contributed by atoms with E-state index in [0.29, 0.717) is 0 Å². The largest absolute Gasteiger partial charge is 0.338 e. The first-order valence-corrected chi connectivity index (χ1v) is 5.49. The van der Waals surface area contributed by atoms with Gasteiger partial charge >= 0.3 is 0 Å². The Morgan fingerprint density at radius 2 is 2.29 bits per heavy atom. The van der Waals surface area contributed by atoms with Crippen molar-refractivity contribution in [2.75, 3.05) is 0 Å². The molecule has 0 atom stereocenters. The highest BCUT2D eigenvalue weighted by molar-refractivity contribution is 14.1. The monoisotopic (exact) mass is 302 g/mol. The van der Waals surface area contributed by atoms with Gasteiger partial charge in [-0.1, -0.05) is 0 Å². The van der Waals surface area contributed by atoms with E-state index in [-0.39, 0.29) is 0 Å². The van der Waals surface area contributed by atoms with Gasteiger partial charge in [0.05, 0.1) is 0 Å². The second-order valence-electron chi connectivity index (χ2n) is 3.11. The average molecular weight is 302 g/mol. The Hall–Kier alpha value is -0.850. The molecule has 2 rings (SSSR count). The van der Waals surface area contributed by atoms with E-state index in [9.17, 15) is 0 Å². The lowest BCUT2D eigenvalue weighted by molar-refractivity contribution is 0.586. The number of hydrogen-bond acceptors (Lipinski definition) is 2. The normalized spacial score (nSPS) is 10.7. The molecule has 0 spiro atoms. The van der Waals surface area contributed by atoms with E-state index in [4.69, 9.17) is 0 Å². The van der Waals surface area contributed by atoms with Crippen LogP contribution in [0, 0.1) is 3.70 Å². The van der Waals surface area contributed by atoms with Crippen molar-refractivity contribution in [1.82, 2.24) is 19.3 Å². The summed E-state index contributed by atoms with van der Waals surface area (Å²) in [6.45, 7) is 0.883. The Labute approximate surface area is 96.1 Å². The Bertz CT molecular complexity index is 418. The summed E-state index contributed by atoms with van der Waals surface area (Å²) in [5.41, 5.74) is 0. The number of imidazole rings is 1. The van der Waals surface area contributed by atoms with Crippen LogP contribution in [0.4, 0.5) is 0 Å². The smallest absolute Gasteiger partial charge is 0.123 e. The molecule has 74 valence electrons. The molecule has 0 aliphatic rings. The van der Waals surface area contributed by atoms with Gasteiger partial charge in [0.25, 0.3) is 0 Å². The number of aryl methyl sites for hydroxylation is 3. The second kappa shape index (κ2) is 4.12. The van der Waals surface area contributed by atoms with Gasteiger partial charge in [-0.3, -0.25) is 4.68 Å². The van der Waals surface area contributed by atoms with Crippen LogP contribution in [-0.4, -0.2) is 19.3 Å². The third-order valence-electron chi connectivity index (χ3n) is 2.09. The molecule has 0 radical (unpaired) electrons. The first kappa shape index (κ1) is 9.70. The molecule has 0 bridgehead atoms. The van der Waals surface area contributed by atoms with Crippen LogP contribution in [0.1, 0.15) is 5.82 Å². The summed E-state index contributed by atoms with van der Waals surface area (Å²) in [6.07, 6.45) is 6.69. The SMILES string of the molecule is Cn1ccnc1CCn1ccc(I)n1. The van der Waals surface area contributed by atoms with Crippen LogP contribution in [0.5, 0.6) is 0 Å². The molecular formula is C9H11IN4. The summed E-state index contributed by atoms with van der Waals surface area (Å²) in [7, 11) is 2.01. The van der Waals surface area contributed by atoms with Gasteiger partial charge < -0.3 is 4.57 Å². The van der Waals surface area contributed by atoms with Gasteiger partial charge in [-0.05, 0) is 28.7 Å². The van der Waals surface area contributed by atoms with Crippen molar-refractivity contribution >= 4 is 22.6 Å². The summed E-state index contributed by atoms with van der Waals surface area (Å²) in [5, 5.41) is 4.31. The van der Waals surface area contributed by atoms with Gasteiger partial charge in [0.15, 0.2) is 0 Å². The minimum Gasteiger partial charge on any atom is -0.338 e. The fraction of sp³-hybridized carbons (Fsp3) is 0.333. The second-order valence-corrected chi connectivity index (χ2v) is 4.21. The van der Waals surface area contributed by atoms with Crippen molar-refractivity contribution in [3.8, 4) is 0 Å². The lowest BCUT2D eigenvalue weighted by atomic mass is 10.4. The van der Waals surface area contributed by atoms with Gasteiger partial charge in [-0.15, -0.1) is 0 Å². The zero-order valence-electron chi connectivity index (χ0n) is 7.89. The third-order valence-corrected chi connectivity index (χ3v) is 2.67. The predicted molar refractivity (Wildman–Crippen MR) is 61.9 cm³/mol. The maximum Gasteiger partial charge on any atom is 0.123 e. The molecule has 2 aromatic heterocycles. The molecule has 14 heavy (non-hydrogen) atoms. The fourth-order valence-electron chi connectivity index (χ4n) is 1.31. The summed E-state index contributed by atoms with van der Waals surface area (Å²) in [5.74, 6) is 1.09. The molecule has 0 aromatic carbocycles. The van der Waals surface area contributed by atoms with E-state index in [1.807, 2.05) is 41.0 Å². The van der Waals surface area contributed by atoms with Crippen molar-refractivity contribution in [3.05, 3.63) is 34.2 Å². The lowest BCUT2D eigenvalue weighted by Gasteiger charge is -2.01. The Morgan fingerprint density at radius 3 is 2.86 bits per heavy atom. The van der Waals surface area contributed by atoms with E-state index in [2.05, 4.69) is 32.7 Å². The average Bonchev–Trinajstić information content (AvgIpc) is 2.72. The van der Waals surface area contributed by atoms with Gasteiger partial charge in [-0.25, -0.2) is 4.98 Å². The van der Waals surface area contributed by atoms with Crippen LogP contribution in [0.2, 0.25) is 0 Å². The van der Waals surface area contributed by atoms with Gasteiger partial charge in [0.1, 0.15) is 9.53 Å².